The third-order valence-electron chi connectivity index (χ3n) is 3.73. The zero-order valence-corrected chi connectivity index (χ0v) is 12.4. The maximum Gasteiger partial charge on any atom is 0.239 e. The number of nitrogens with two attached hydrogens (primary N) is 1. The molecule has 6 heteroatoms. The van der Waals surface area contributed by atoms with Gasteiger partial charge >= 0.3 is 0 Å². The van der Waals surface area contributed by atoms with Crippen LogP contribution in [0.25, 0.3) is 0 Å². The Hall–Kier alpha value is -0.300. The SMILES string of the molecule is CSCC[C@H](N)C(=O)N1CCO[C@@H]([C@H]2CCCO2)C1. The molecule has 2 aliphatic rings. The molecule has 3 atom stereocenters. The summed E-state index contributed by atoms with van der Waals surface area (Å²) in [5, 5.41) is 0. The molecule has 2 rings (SSSR count). The van der Waals surface area contributed by atoms with Crippen LogP contribution in [0.1, 0.15) is 19.3 Å². The second-order valence-corrected chi connectivity index (χ2v) is 6.12. The molecule has 19 heavy (non-hydrogen) atoms. The largest absolute Gasteiger partial charge is 0.375 e. The van der Waals surface area contributed by atoms with E-state index < -0.39 is 0 Å². The van der Waals surface area contributed by atoms with Crippen molar-refractivity contribution in [1.82, 2.24) is 4.90 Å². The molecule has 0 unspecified atom stereocenters. The lowest BCUT2D eigenvalue weighted by atomic mass is 10.1. The Kier molecular flexibility index (Phi) is 5.94. The first-order chi connectivity index (χ1) is 9.22. The van der Waals surface area contributed by atoms with Gasteiger partial charge in [0.05, 0.1) is 18.8 Å². The molecule has 0 aliphatic carbocycles. The number of rotatable bonds is 5. The molecule has 2 saturated heterocycles. The monoisotopic (exact) mass is 288 g/mol. The van der Waals surface area contributed by atoms with Crippen molar-refractivity contribution < 1.29 is 14.3 Å². The number of carbonyl (C=O) groups excluding carboxylic acids is 1. The highest BCUT2D eigenvalue weighted by molar-refractivity contribution is 7.98. The maximum absolute atomic E-state index is 12.3. The lowest BCUT2D eigenvalue weighted by Gasteiger charge is -2.36. The fraction of sp³-hybridized carbons (Fsp3) is 0.923. The van der Waals surface area contributed by atoms with Crippen LogP contribution in [0.5, 0.6) is 0 Å². The van der Waals surface area contributed by atoms with Crippen molar-refractivity contribution >= 4 is 17.7 Å². The van der Waals surface area contributed by atoms with Crippen LogP contribution in [-0.2, 0) is 14.3 Å². The van der Waals surface area contributed by atoms with E-state index in [1.807, 2.05) is 11.2 Å². The third kappa shape index (κ3) is 4.08. The van der Waals surface area contributed by atoms with E-state index in [0.717, 1.165) is 31.6 Å². The Morgan fingerprint density at radius 2 is 2.21 bits per heavy atom. The number of ether oxygens (including phenoxy) is 2. The second-order valence-electron chi connectivity index (χ2n) is 5.13. The highest BCUT2D eigenvalue weighted by Gasteiger charge is 2.33. The number of carbonyl (C=O) groups is 1. The molecule has 0 aromatic carbocycles. The fourth-order valence-corrected chi connectivity index (χ4v) is 3.09. The van der Waals surface area contributed by atoms with Gasteiger partial charge in [-0.15, -0.1) is 0 Å². The molecule has 0 aromatic rings. The Balaban J connectivity index is 1.83. The van der Waals surface area contributed by atoms with Crippen LogP contribution in [0.15, 0.2) is 0 Å². The van der Waals surface area contributed by atoms with Gasteiger partial charge in [0.1, 0.15) is 6.10 Å². The van der Waals surface area contributed by atoms with Crippen LogP contribution < -0.4 is 5.73 Å². The average Bonchev–Trinajstić information content (AvgIpc) is 2.98. The Labute approximate surface area is 119 Å². The molecular formula is C13H24N2O3S. The van der Waals surface area contributed by atoms with E-state index in [0.29, 0.717) is 19.7 Å². The molecule has 2 fully saturated rings. The molecule has 0 saturated carbocycles. The van der Waals surface area contributed by atoms with Gasteiger partial charge in [0, 0.05) is 19.7 Å². The van der Waals surface area contributed by atoms with Crippen molar-refractivity contribution in [3.8, 4) is 0 Å². The normalized spacial score (nSPS) is 29.5. The summed E-state index contributed by atoms with van der Waals surface area (Å²) in [6, 6.07) is -0.379. The van der Waals surface area contributed by atoms with E-state index in [9.17, 15) is 4.79 Å². The summed E-state index contributed by atoms with van der Waals surface area (Å²) in [6.07, 6.45) is 5.06. The van der Waals surface area contributed by atoms with Gasteiger partial charge in [-0.25, -0.2) is 0 Å². The number of morpholine rings is 1. The van der Waals surface area contributed by atoms with Gasteiger partial charge in [-0.2, -0.15) is 11.8 Å². The average molecular weight is 288 g/mol. The summed E-state index contributed by atoms with van der Waals surface area (Å²) >= 11 is 1.72. The van der Waals surface area contributed by atoms with Gasteiger partial charge in [-0.3, -0.25) is 4.79 Å². The molecule has 110 valence electrons. The second kappa shape index (κ2) is 7.47. The number of amides is 1. The summed E-state index contributed by atoms with van der Waals surface area (Å²) in [5.41, 5.74) is 5.96. The summed E-state index contributed by atoms with van der Waals surface area (Å²) in [6.45, 7) is 2.67. The molecule has 5 nitrogen and oxygen atoms in total. The smallest absolute Gasteiger partial charge is 0.239 e. The lowest BCUT2D eigenvalue weighted by Crippen LogP contribution is -2.54. The molecule has 0 radical (unpaired) electrons. The molecule has 2 heterocycles. The number of hydrogen-bond donors (Lipinski definition) is 1. The summed E-state index contributed by atoms with van der Waals surface area (Å²) < 4.78 is 11.4. The van der Waals surface area contributed by atoms with E-state index in [1.165, 1.54) is 0 Å². The van der Waals surface area contributed by atoms with Crippen molar-refractivity contribution in [1.29, 1.82) is 0 Å². The van der Waals surface area contributed by atoms with Gasteiger partial charge in [-0.1, -0.05) is 0 Å². The maximum atomic E-state index is 12.3. The molecule has 0 bridgehead atoms. The number of hydrogen-bond acceptors (Lipinski definition) is 5. The first-order valence-corrected chi connectivity index (χ1v) is 8.38. The predicted molar refractivity (Wildman–Crippen MR) is 76.3 cm³/mol. The van der Waals surface area contributed by atoms with Crippen LogP contribution in [0.2, 0.25) is 0 Å². The summed E-state index contributed by atoms with van der Waals surface area (Å²) in [4.78, 5) is 14.1. The summed E-state index contributed by atoms with van der Waals surface area (Å²) in [5.74, 6) is 0.979. The lowest BCUT2D eigenvalue weighted by molar-refractivity contribution is -0.146. The summed E-state index contributed by atoms with van der Waals surface area (Å²) in [7, 11) is 0. The molecular weight excluding hydrogens is 264 g/mol. The van der Waals surface area contributed by atoms with Gasteiger partial charge in [0.15, 0.2) is 0 Å². The van der Waals surface area contributed by atoms with Gasteiger partial charge in [-0.05, 0) is 31.3 Å². The van der Waals surface area contributed by atoms with Crippen molar-refractivity contribution in [3.05, 3.63) is 0 Å². The highest BCUT2D eigenvalue weighted by Crippen LogP contribution is 2.21. The first kappa shape index (κ1) is 15.1. The van der Waals surface area contributed by atoms with Crippen LogP contribution in [0.4, 0.5) is 0 Å². The van der Waals surface area contributed by atoms with Crippen molar-refractivity contribution in [2.24, 2.45) is 5.73 Å². The molecule has 2 aliphatic heterocycles. The zero-order chi connectivity index (χ0) is 13.7. The number of nitrogens with zero attached hydrogens (tertiary/aromatic N) is 1. The predicted octanol–water partition coefficient (Wildman–Crippen LogP) is 0.473. The van der Waals surface area contributed by atoms with E-state index in [4.69, 9.17) is 15.2 Å². The zero-order valence-electron chi connectivity index (χ0n) is 11.5. The fourth-order valence-electron chi connectivity index (χ4n) is 2.60. The Morgan fingerprint density at radius 3 is 2.89 bits per heavy atom. The minimum Gasteiger partial charge on any atom is -0.375 e. The van der Waals surface area contributed by atoms with Crippen LogP contribution in [0.3, 0.4) is 0 Å². The minimum absolute atomic E-state index is 0.0213. The quantitative estimate of drug-likeness (QED) is 0.797. The van der Waals surface area contributed by atoms with Crippen LogP contribution in [-0.4, -0.2) is 67.4 Å². The van der Waals surface area contributed by atoms with Crippen LogP contribution >= 0.6 is 11.8 Å². The Morgan fingerprint density at radius 1 is 1.42 bits per heavy atom. The standard InChI is InChI=1S/C13H24N2O3S/c1-19-8-4-10(14)13(16)15-5-7-18-12(9-15)11-3-2-6-17-11/h10-12H,2-9,14H2,1H3/t10-,11+,12+/m0/s1. The minimum atomic E-state index is -0.379. The molecule has 0 spiro atoms. The van der Waals surface area contributed by atoms with E-state index in [-0.39, 0.29) is 24.2 Å². The Bertz CT molecular complexity index is 298. The molecule has 2 N–H and O–H groups in total. The van der Waals surface area contributed by atoms with Crippen LogP contribution in [0, 0.1) is 0 Å². The van der Waals surface area contributed by atoms with Gasteiger partial charge < -0.3 is 20.1 Å². The molecule has 0 aromatic heterocycles. The van der Waals surface area contributed by atoms with Gasteiger partial charge in [0.25, 0.3) is 0 Å². The topological polar surface area (TPSA) is 64.8 Å². The highest BCUT2D eigenvalue weighted by atomic mass is 32.2. The van der Waals surface area contributed by atoms with E-state index in [1.54, 1.807) is 11.8 Å². The number of thioether (sulfide) groups is 1. The van der Waals surface area contributed by atoms with E-state index >= 15 is 0 Å². The van der Waals surface area contributed by atoms with Crippen molar-refractivity contribution in [2.75, 3.05) is 38.3 Å². The van der Waals surface area contributed by atoms with Crippen molar-refractivity contribution in [2.45, 2.75) is 37.5 Å². The van der Waals surface area contributed by atoms with Crippen molar-refractivity contribution in [3.63, 3.8) is 0 Å². The van der Waals surface area contributed by atoms with Gasteiger partial charge in [0.2, 0.25) is 5.91 Å². The van der Waals surface area contributed by atoms with E-state index in [2.05, 4.69) is 0 Å². The molecule has 1 amide bonds. The third-order valence-corrected chi connectivity index (χ3v) is 4.38. The first-order valence-electron chi connectivity index (χ1n) is 6.99.